The van der Waals surface area contributed by atoms with E-state index in [0.29, 0.717) is 16.7 Å². The van der Waals surface area contributed by atoms with Crippen molar-refractivity contribution >= 4 is 11.6 Å². The Morgan fingerprint density at radius 1 is 1.28 bits per heavy atom. The van der Waals surface area contributed by atoms with Gasteiger partial charge in [0, 0.05) is 16.7 Å². The molecule has 0 aliphatic carbocycles. The van der Waals surface area contributed by atoms with Gasteiger partial charge in [-0.3, -0.25) is 0 Å². The Labute approximate surface area is 111 Å². The Morgan fingerprint density at radius 3 is 2.67 bits per heavy atom. The fraction of sp³-hybridized carbons (Fsp3) is 0.231. The van der Waals surface area contributed by atoms with E-state index in [1.165, 1.54) is 0 Å². The maximum Gasteiger partial charge on any atom is 0.216 e. The second-order valence-corrected chi connectivity index (χ2v) is 4.39. The number of nitrogens with two attached hydrogens (primary N) is 1. The Balaban J connectivity index is 2.53. The van der Waals surface area contributed by atoms with Crippen LogP contribution in [0.1, 0.15) is 18.8 Å². The van der Waals surface area contributed by atoms with Crippen LogP contribution in [0.3, 0.4) is 0 Å². The quantitative estimate of drug-likeness (QED) is 0.925. The molecule has 0 bridgehead atoms. The maximum atomic E-state index is 5.97. The van der Waals surface area contributed by atoms with E-state index >= 15 is 0 Å². The van der Waals surface area contributed by atoms with Gasteiger partial charge in [-0.25, -0.2) is 4.98 Å². The SMILES string of the molecule is COc1cc(-c2cccc(Cl)c2)nc(C(C)N)n1. The second kappa shape index (κ2) is 5.33. The number of halogens is 1. The van der Waals surface area contributed by atoms with Crippen LogP contribution in [0.25, 0.3) is 11.3 Å². The molecule has 94 valence electrons. The molecule has 5 heteroatoms. The van der Waals surface area contributed by atoms with Gasteiger partial charge >= 0.3 is 0 Å². The number of ether oxygens (including phenoxy) is 1. The molecule has 4 nitrogen and oxygen atoms in total. The zero-order valence-electron chi connectivity index (χ0n) is 10.2. The second-order valence-electron chi connectivity index (χ2n) is 3.95. The van der Waals surface area contributed by atoms with Gasteiger partial charge in [0.05, 0.1) is 18.8 Å². The van der Waals surface area contributed by atoms with E-state index in [2.05, 4.69) is 9.97 Å². The molecule has 0 amide bonds. The van der Waals surface area contributed by atoms with Crippen molar-refractivity contribution in [3.8, 4) is 17.1 Å². The summed E-state index contributed by atoms with van der Waals surface area (Å²) in [5.41, 5.74) is 7.46. The summed E-state index contributed by atoms with van der Waals surface area (Å²) in [6.45, 7) is 1.83. The average molecular weight is 264 g/mol. The molecule has 1 atom stereocenters. The molecule has 1 unspecified atom stereocenters. The number of methoxy groups -OCH3 is 1. The summed E-state index contributed by atoms with van der Waals surface area (Å²) in [7, 11) is 1.56. The maximum absolute atomic E-state index is 5.97. The van der Waals surface area contributed by atoms with Crippen molar-refractivity contribution in [3.63, 3.8) is 0 Å². The van der Waals surface area contributed by atoms with Gasteiger partial charge in [0.1, 0.15) is 5.82 Å². The van der Waals surface area contributed by atoms with E-state index in [4.69, 9.17) is 22.1 Å². The molecule has 0 saturated heterocycles. The lowest BCUT2D eigenvalue weighted by molar-refractivity contribution is 0.394. The van der Waals surface area contributed by atoms with E-state index in [1.54, 1.807) is 13.2 Å². The van der Waals surface area contributed by atoms with Gasteiger partial charge in [0.15, 0.2) is 0 Å². The Hall–Kier alpha value is -1.65. The zero-order chi connectivity index (χ0) is 13.1. The number of rotatable bonds is 3. The fourth-order valence-corrected chi connectivity index (χ4v) is 1.74. The third-order valence-corrected chi connectivity index (χ3v) is 2.69. The highest BCUT2D eigenvalue weighted by Gasteiger charge is 2.10. The van der Waals surface area contributed by atoms with Crippen LogP contribution in [-0.2, 0) is 0 Å². The molecule has 0 aliphatic rings. The van der Waals surface area contributed by atoms with Crippen molar-refractivity contribution < 1.29 is 4.74 Å². The van der Waals surface area contributed by atoms with E-state index in [1.807, 2.05) is 31.2 Å². The Kier molecular flexibility index (Phi) is 3.79. The summed E-state index contributed by atoms with van der Waals surface area (Å²) in [5.74, 6) is 1.04. The predicted molar refractivity (Wildman–Crippen MR) is 71.6 cm³/mol. The first kappa shape index (κ1) is 12.8. The zero-order valence-corrected chi connectivity index (χ0v) is 11.0. The van der Waals surface area contributed by atoms with Gasteiger partial charge in [-0.2, -0.15) is 4.98 Å². The highest BCUT2D eigenvalue weighted by molar-refractivity contribution is 6.30. The van der Waals surface area contributed by atoms with Crippen molar-refractivity contribution in [2.24, 2.45) is 5.73 Å². The fourth-order valence-electron chi connectivity index (χ4n) is 1.55. The standard InChI is InChI=1S/C13H14ClN3O/c1-8(15)13-16-11(7-12(17-13)18-2)9-4-3-5-10(14)6-9/h3-8H,15H2,1-2H3. The Morgan fingerprint density at radius 2 is 2.06 bits per heavy atom. The lowest BCUT2D eigenvalue weighted by Crippen LogP contribution is -2.11. The molecule has 0 aliphatic heterocycles. The van der Waals surface area contributed by atoms with Crippen molar-refractivity contribution in [1.29, 1.82) is 0 Å². The van der Waals surface area contributed by atoms with Crippen molar-refractivity contribution in [1.82, 2.24) is 9.97 Å². The van der Waals surface area contributed by atoms with Crippen LogP contribution in [0, 0.1) is 0 Å². The summed E-state index contributed by atoms with van der Waals surface area (Å²) in [5, 5.41) is 0.660. The van der Waals surface area contributed by atoms with E-state index in [0.717, 1.165) is 11.3 Å². The van der Waals surface area contributed by atoms with Gasteiger partial charge in [-0.1, -0.05) is 23.7 Å². The molecule has 2 rings (SSSR count). The van der Waals surface area contributed by atoms with Crippen LogP contribution in [0.5, 0.6) is 5.88 Å². The molecule has 2 aromatic rings. The molecule has 1 aromatic heterocycles. The highest BCUT2D eigenvalue weighted by atomic mass is 35.5. The summed E-state index contributed by atoms with van der Waals surface area (Å²) < 4.78 is 5.16. The van der Waals surface area contributed by atoms with Crippen molar-refractivity contribution in [2.45, 2.75) is 13.0 Å². The first-order valence-electron chi connectivity index (χ1n) is 5.54. The van der Waals surface area contributed by atoms with Crippen LogP contribution in [-0.4, -0.2) is 17.1 Å². The molecule has 0 spiro atoms. The van der Waals surface area contributed by atoms with Crippen molar-refractivity contribution in [3.05, 3.63) is 41.2 Å². The molecule has 18 heavy (non-hydrogen) atoms. The summed E-state index contributed by atoms with van der Waals surface area (Å²) in [6, 6.07) is 8.97. The molecule has 2 N–H and O–H groups in total. The van der Waals surface area contributed by atoms with Crippen LogP contribution in [0.2, 0.25) is 5.02 Å². The molecule has 0 radical (unpaired) electrons. The predicted octanol–water partition coefficient (Wildman–Crippen LogP) is 2.83. The van der Waals surface area contributed by atoms with Crippen molar-refractivity contribution in [2.75, 3.05) is 7.11 Å². The van der Waals surface area contributed by atoms with Gasteiger partial charge in [0.2, 0.25) is 5.88 Å². The minimum atomic E-state index is -0.252. The first-order chi connectivity index (χ1) is 8.60. The minimum absolute atomic E-state index is 0.252. The van der Waals surface area contributed by atoms with Gasteiger partial charge < -0.3 is 10.5 Å². The van der Waals surface area contributed by atoms with Crippen LogP contribution < -0.4 is 10.5 Å². The molecule has 1 aromatic carbocycles. The van der Waals surface area contributed by atoms with E-state index < -0.39 is 0 Å². The molecule has 0 fully saturated rings. The topological polar surface area (TPSA) is 61.0 Å². The lowest BCUT2D eigenvalue weighted by atomic mass is 10.1. The summed E-state index contributed by atoms with van der Waals surface area (Å²) >= 11 is 5.97. The van der Waals surface area contributed by atoms with Crippen LogP contribution >= 0.6 is 11.6 Å². The molecule has 1 heterocycles. The third-order valence-electron chi connectivity index (χ3n) is 2.46. The van der Waals surface area contributed by atoms with Gasteiger partial charge in [-0.05, 0) is 19.1 Å². The van der Waals surface area contributed by atoms with E-state index in [-0.39, 0.29) is 6.04 Å². The largest absolute Gasteiger partial charge is 0.481 e. The minimum Gasteiger partial charge on any atom is -0.481 e. The Bertz CT molecular complexity index is 558. The molecule has 0 saturated carbocycles. The summed E-state index contributed by atoms with van der Waals surface area (Å²) in [4.78, 5) is 8.63. The monoisotopic (exact) mass is 263 g/mol. The number of benzene rings is 1. The number of nitrogens with zero attached hydrogens (tertiary/aromatic N) is 2. The number of hydrogen-bond acceptors (Lipinski definition) is 4. The first-order valence-corrected chi connectivity index (χ1v) is 5.92. The lowest BCUT2D eigenvalue weighted by Gasteiger charge is -2.09. The molecular formula is C13H14ClN3O. The smallest absolute Gasteiger partial charge is 0.216 e. The normalized spacial score (nSPS) is 12.2. The molecular weight excluding hydrogens is 250 g/mol. The number of hydrogen-bond donors (Lipinski definition) is 1. The average Bonchev–Trinajstić information content (AvgIpc) is 2.38. The van der Waals surface area contributed by atoms with E-state index in [9.17, 15) is 0 Å². The van der Waals surface area contributed by atoms with Crippen LogP contribution in [0.15, 0.2) is 30.3 Å². The third kappa shape index (κ3) is 2.78. The van der Waals surface area contributed by atoms with Crippen LogP contribution in [0.4, 0.5) is 0 Å². The number of aromatic nitrogens is 2. The highest BCUT2D eigenvalue weighted by Crippen LogP contribution is 2.24. The van der Waals surface area contributed by atoms with Gasteiger partial charge in [-0.15, -0.1) is 0 Å². The van der Waals surface area contributed by atoms with Gasteiger partial charge in [0.25, 0.3) is 0 Å². The summed E-state index contributed by atoms with van der Waals surface area (Å²) in [6.07, 6.45) is 0.